The Balaban J connectivity index is 1.42. The van der Waals surface area contributed by atoms with E-state index in [9.17, 15) is 50.1 Å². The Labute approximate surface area is 266 Å². The quantitative estimate of drug-likeness (QED) is 0.116. The van der Waals surface area contributed by atoms with Gasteiger partial charge < -0.3 is 69.3 Å². The number of aliphatic hydroxyl groups excluding tert-OH is 5. The summed E-state index contributed by atoms with van der Waals surface area (Å²) < 4.78 is 33.7. The van der Waals surface area contributed by atoms with Gasteiger partial charge in [-0.25, -0.2) is 0 Å². The molecule has 0 spiro atoms. The summed E-state index contributed by atoms with van der Waals surface area (Å²) in [6.07, 6.45) is -18.4. The highest BCUT2D eigenvalue weighted by molar-refractivity contribution is 6.02. The Bertz CT molecular complexity index is 1460. The second kappa shape index (κ2) is 14.0. The highest BCUT2D eigenvalue weighted by Crippen LogP contribution is 2.43. The van der Waals surface area contributed by atoms with Crippen LogP contribution in [0.4, 0.5) is 0 Å². The first-order valence-corrected chi connectivity index (χ1v) is 14.5. The molecule has 0 saturated carbocycles. The summed E-state index contributed by atoms with van der Waals surface area (Å²) in [5.74, 6) is -3.90. The number of aliphatic hydroxyl groups is 5. The standard InChI is InChI=1S/C30H34O17/c1-11-23(37)25(39)27(41)29(43-11)47-28-26(40)24(38)19(10-42-21(36)9-20(34)35)46-30(28)44-14-6-15(32)22-16(33)8-17(45-18(22)7-14)12-2-4-13(31)5-3-12/h2-7,11,17,19,23-32,37-41H,8-10H2,1H3,(H,34,35)/t11-,17-,19+,23-,24+,25+,26-,27+,28+,29-,30+/m0/s1. The number of ether oxygens (including phenoxy) is 6. The van der Waals surface area contributed by atoms with Crippen molar-refractivity contribution in [3.05, 3.63) is 47.5 Å². The topological polar surface area (TPSA) is 268 Å². The maximum atomic E-state index is 13.0. The van der Waals surface area contributed by atoms with Crippen LogP contribution in [0.25, 0.3) is 0 Å². The lowest BCUT2D eigenvalue weighted by Crippen LogP contribution is -2.64. The normalized spacial score (nSPS) is 33.7. The molecule has 3 aliphatic heterocycles. The van der Waals surface area contributed by atoms with E-state index in [2.05, 4.69) is 0 Å². The predicted octanol–water partition coefficient (Wildman–Crippen LogP) is -1.14. The van der Waals surface area contributed by atoms with Gasteiger partial charge in [-0.15, -0.1) is 0 Å². The van der Waals surface area contributed by atoms with E-state index < -0.39 is 104 Å². The van der Waals surface area contributed by atoms with Crippen LogP contribution in [0.1, 0.15) is 41.8 Å². The van der Waals surface area contributed by atoms with Gasteiger partial charge in [-0.05, 0) is 24.6 Å². The number of Topliss-reactive ketones (excluding diaryl/α,β-unsaturated/α-hetero) is 1. The van der Waals surface area contributed by atoms with E-state index in [-0.39, 0.29) is 29.2 Å². The van der Waals surface area contributed by atoms with Gasteiger partial charge in [0, 0.05) is 12.1 Å². The van der Waals surface area contributed by atoms with E-state index in [1.807, 2.05) is 0 Å². The van der Waals surface area contributed by atoms with Crippen LogP contribution in [0.15, 0.2) is 36.4 Å². The minimum absolute atomic E-state index is 0.00224. The third-order valence-electron chi connectivity index (χ3n) is 7.94. The minimum atomic E-state index is -1.91. The van der Waals surface area contributed by atoms with Crippen LogP contribution >= 0.6 is 0 Å². The van der Waals surface area contributed by atoms with E-state index in [1.165, 1.54) is 25.1 Å². The lowest BCUT2D eigenvalue weighted by Gasteiger charge is -2.45. The van der Waals surface area contributed by atoms with Crippen LogP contribution in [0.2, 0.25) is 0 Å². The molecule has 8 N–H and O–H groups in total. The van der Waals surface area contributed by atoms with Gasteiger partial charge in [-0.1, -0.05) is 12.1 Å². The molecule has 2 fully saturated rings. The zero-order valence-electron chi connectivity index (χ0n) is 24.7. The number of esters is 1. The number of hydrogen-bond donors (Lipinski definition) is 8. The largest absolute Gasteiger partial charge is 0.508 e. The third-order valence-corrected chi connectivity index (χ3v) is 7.94. The maximum Gasteiger partial charge on any atom is 0.317 e. The van der Waals surface area contributed by atoms with E-state index in [0.29, 0.717) is 5.56 Å². The Kier molecular flexibility index (Phi) is 10.2. The average Bonchev–Trinajstić information content (AvgIpc) is 3.01. The number of carboxylic acid groups (broad SMARTS) is 1. The van der Waals surface area contributed by atoms with Crippen molar-refractivity contribution in [3.63, 3.8) is 0 Å². The summed E-state index contributed by atoms with van der Waals surface area (Å²) in [5.41, 5.74) is 0.422. The lowest BCUT2D eigenvalue weighted by molar-refractivity contribution is -0.354. The molecule has 11 atom stereocenters. The molecule has 3 aliphatic rings. The second-order valence-corrected chi connectivity index (χ2v) is 11.3. The Morgan fingerprint density at radius 2 is 1.60 bits per heavy atom. The SMILES string of the molecule is C[C@@H]1O[C@@H](O[C@H]2[C@H](Oc3cc(O)c4c(c3)O[C@H](c3ccc(O)cc3)CC4=O)O[C@H](COC(=O)CC(=O)O)[C@@H](O)[C@@H]2O)[C@H](O)[C@H](O)[C@H]1O. The van der Waals surface area contributed by atoms with Crippen molar-refractivity contribution in [2.24, 2.45) is 0 Å². The Morgan fingerprint density at radius 1 is 0.894 bits per heavy atom. The zero-order valence-corrected chi connectivity index (χ0v) is 24.7. The summed E-state index contributed by atoms with van der Waals surface area (Å²) in [4.78, 5) is 35.6. The average molecular weight is 667 g/mol. The summed E-state index contributed by atoms with van der Waals surface area (Å²) in [5, 5.41) is 81.8. The van der Waals surface area contributed by atoms with Crippen LogP contribution in [0, 0.1) is 0 Å². The highest BCUT2D eigenvalue weighted by Gasteiger charge is 2.51. The fourth-order valence-corrected chi connectivity index (χ4v) is 5.40. The van der Waals surface area contributed by atoms with Crippen LogP contribution in [0.3, 0.4) is 0 Å². The molecular weight excluding hydrogens is 632 g/mol. The third kappa shape index (κ3) is 7.42. The molecule has 0 bridgehead atoms. The van der Waals surface area contributed by atoms with Gasteiger partial charge in [0.2, 0.25) is 6.29 Å². The van der Waals surface area contributed by atoms with Crippen LogP contribution in [-0.4, -0.2) is 127 Å². The number of hydrogen-bond acceptors (Lipinski definition) is 16. The van der Waals surface area contributed by atoms with E-state index in [0.717, 1.165) is 6.07 Å². The molecule has 5 rings (SSSR count). The molecule has 47 heavy (non-hydrogen) atoms. The van der Waals surface area contributed by atoms with Crippen molar-refractivity contribution in [2.45, 2.75) is 87.3 Å². The summed E-state index contributed by atoms with van der Waals surface area (Å²) in [7, 11) is 0. The maximum absolute atomic E-state index is 13.0. The number of carboxylic acids is 1. The van der Waals surface area contributed by atoms with Crippen LogP contribution in [-0.2, 0) is 28.5 Å². The molecule has 0 amide bonds. The summed E-state index contributed by atoms with van der Waals surface area (Å²) in [6, 6.07) is 8.25. The fourth-order valence-electron chi connectivity index (χ4n) is 5.40. The summed E-state index contributed by atoms with van der Waals surface area (Å²) >= 11 is 0. The molecule has 17 nitrogen and oxygen atoms in total. The molecular formula is C30H34O17. The zero-order chi connectivity index (χ0) is 34.2. The molecule has 0 unspecified atom stereocenters. The first-order valence-electron chi connectivity index (χ1n) is 14.5. The van der Waals surface area contributed by atoms with Crippen molar-refractivity contribution in [2.75, 3.05) is 6.61 Å². The molecule has 256 valence electrons. The number of rotatable bonds is 9. The van der Waals surface area contributed by atoms with Crippen molar-refractivity contribution in [3.8, 4) is 23.0 Å². The predicted molar refractivity (Wildman–Crippen MR) is 150 cm³/mol. The molecule has 2 aromatic carbocycles. The van der Waals surface area contributed by atoms with Crippen molar-refractivity contribution >= 4 is 17.7 Å². The van der Waals surface area contributed by atoms with Crippen molar-refractivity contribution < 1.29 is 83.7 Å². The molecule has 2 saturated heterocycles. The molecule has 0 radical (unpaired) electrons. The van der Waals surface area contributed by atoms with Gasteiger partial charge in [-0.2, -0.15) is 0 Å². The van der Waals surface area contributed by atoms with Gasteiger partial charge in [0.1, 0.15) is 84.3 Å². The van der Waals surface area contributed by atoms with Crippen molar-refractivity contribution in [1.29, 1.82) is 0 Å². The number of aromatic hydroxyl groups is 2. The Hall–Kier alpha value is -4.07. The summed E-state index contributed by atoms with van der Waals surface area (Å²) in [6.45, 7) is 0.652. The van der Waals surface area contributed by atoms with E-state index >= 15 is 0 Å². The van der Waals surface area contributed by atoms with Gasteiger partial charge in [0.15, 0.2) is 18.2 Å². The van der Waals surface area contributed by atoms with Gasteiger partial charge in [0.05, 0.1) is 12.5 Å². The molecule has 0 aliphatic carbocycles. The smallest absolute Gasteiger partial charge is 0.317 e. The number of phenols is 2. The van der Waals surface area contributed by atoms with E-state index in [1.54, 1.807) is 12.1 Å². The number of fused-ring (bicyclic) bond motifs is 1. The molecule has 3 heterocycles. The lowest BCUT2D eigenvalue weighted by atomic mass is 9.95. The first-order chi connectivity index (χ1) is 22.2. The number of carbonyl (C=O) groups excluding carboxylic acids is 2. The van der Waals surface area contributed by atoms with E-state index in [4.69, 9.17) is 33.5 Å². The molecule has 0 aromatic heterocycles. The fraction of sp³-hybridized carbons (Fsp3) is 0.500. The van der Waals surface area contributed by atoms with Crippen LogP contribution in [0.5, 0.6) is 23.0 Å². The number of carbonyl (C=O) groups is 3. The number of ketones is 1. The van der Waals surface area contributed by atoms with Crippen molar-refractivity contribution in [1.82, 2.24) is 0 Å². The number of benzene rings is 2. The van der Waals surface area contributed by atoms with Gasteiger partial charge >= 0.3 is 11.9 Å². The second-order valence-electron chi connectivity index (χ2n) is 11.3. The highest BCUT2D eigenvalue weighted by atomic mass is 16.8. The molecule has 17 heteroatoms. The Morgan fingerprint density at radius 3 is 2.28 bits per heavy atom. The molecule has 2 aromatic rings. The number of aliphatic carboxylic acids is 1. The first kappa shape index (κ1) is 34.3. The minimum Gasteiger partial charge on any atom is -0.508 e. The van der Waals surface area contributed by atoms with Crippen LogP contribution < -0.4 is 9.47 Å². The van der Waals surface area contributed by atoms with Gasteiger partial charge in [0.25, 0.3) is 0 Å². The van der Waals surface area contributed by atoms with Gasteiger partial charge in [-0.3, -0.25) is 14.4 Å². The number of phenolic OH excluding ortho intramolecular Hbond substituents is 2. The monoisotopic (exact) mass is 666 g/mol.